The first-order valence-electron chi connectivity index (χ1n) is 7.56. The fourth-order valence-corrected chi connectivity index (χ4v) is 2.40. The number of methoxy groups -OCH3 is 1. The number of carbonyl (C=O) groups excluding carboxylic acids is 2. The maximum absolute atomic E-state index is 12.1. The van der Waals surface area contributed by atoms with Crippen molar-refractivity contribution in [1.82, 2.24) is 5.32 Å². The first-order valence-corrected chi connectivity index (χ1v) is 7.56. The van der Waals surface area contributed by atoms with Crippen LogP contribution in [0.15, 0.2) is 42.5 Å². The zero-order chi connectivity index (χ0) is 17.5. The van der Waals surface area contributed by atoms with E-state index in [1.165, 1.54) is 7.11 Å². The van der Waals surface area contributed by atoms with Crippen LogP contribution < -0.4 is 5.32 Å². The number of hydrogen-bond acceptors (Lipinski definition) is 4. The van der Waals surface area contributed by atoms with Gasteiger partial charge in [-0.05, 0) is 22.8 Å². The third kappa shape index (κ3) is 4.81. The van der Waals surface area contributed by atoms with Gasteiger partial charge in [0.15, 0.2) is 0 Å². The summed E-state index contributed by atoms with van der Waals surface area (Å²) in [5.41, 5.74) is 0.795. The zero-order valence-electron chi connectivity index (χ0n) is 13.3. The molecule has 2 aromatic carbocycles. The monoisotopic (exact) mass is 329 g/mol. The minimum Gasteiger partial charge on any atom is -0.480 e. The molecule has 126 valence electrons. The Morgan fingerprint density at radius 3 is 2.50 bits per heavy atom. The molecule has 0 aliphatic carbocycles. The second-order valence-corrected chi connectivity index (χ2v) is 5.43. The minimum atomic E-state index is -1.18. The van der Waals surface area contributed by atoms with Gasteiger partial charge in [0.2, 0.25) is 5.91 Å². The molecule has 0 spiro atoms. The largest absolute Gasteiger partial charge is 0.480 e. The molecule has 0 heterocycles. The molecule has 2 N–H and O–H groups in total. The molecule has 0 unspecified atom stereocenters. The Morgan fingerprint density at radius 1 is 1.12 bits per heavy atom. The van der Waals surface area contributed by atoms with E-state index in [4.69, 9.17) is 5.11 Å². The second-order valence-electron chi connectivity index (χ2n) is 5.43. The van der Waals surface area contributed by atoms with Crippen molar-refractivity contribution in [3.05, 3.63) is 48.0 Å². The minimum absolute atomic E-state index is 0.00847. The van der Waals surface area contributed by atoms with Crippen LogP contribution in [0, 0.1) is 0 Å². The predicted molar refractivity (Wildman–Crippen MR) is 88.5 cm³/mol. The van der Waals surface area contributed by atoms with Gasteiger partial charge < -0.3 is 15.2 Å². The van der Waals surface area contributed by atoms with E-state index < -0.39 is 23.9 Å². The van der Waals surface area contributed by atoms with E-state index >= 15 is 0 Å². The fourth-order valence-electron chi connectivity index (χ4n) is 2.40. The summed E-state index contributed by atoms with van der Waals surface area (Å²) >= 11 is 0. The molecule has 0 bridgehead atoms. The van der Waals surface area contributed by atoms with Crippen LogP contribution in [-0.4, -0.2) is 36.1 Å². The lowest BCUT2D eigenvalue weighted by molar-refractivity contribution is -0.144. The Hall–Kier alpha value is -2.89. The molecule has 0 saturated carbocycles. The maximum Gasteiger partial charge on any atom is 0.326 e. The number of fused-ring (bicyclic) bond motifs is 1. The maximum atomic E-state index is 12.1. The van der Waals surface area contributed by atoms with Crippen molar-refractivity contribution in [2.24, 2.45) is 0 Å². The van der Waals surface area contributed by atoms with Gasteiger partial charge in [0.25, 0.3) is 0 Å². The van der Waals surface area contributed by atoms with Gasteiger partial charge in [-0.3, -0.25) is 9.59 Å². The molecular weight excluding hydrogens is 310 g/mol. The average Bonchev–Trinajstić information content (AvgIpc) is 2.57. The van der Waals surface area contributed by atoms with Crippen LogP contribution in [0.25, 0.3) is 10.8 Å². The number of carboxylic acids is 1. The average molecular weight is 329 g/mol. The number of nitrogens with one attached hydrogen (secondary N) is 1. The summed E-state index contributed by atoms with van der Waals surface area (Å²) in [4.78, 5) is 34.4. The van der Waals surface area contributed by atoms with Crippen LogP contribution in [0.1, 0.15) is 18.4 Å². The Balaban J connectivity index is 1.98. The predicted octanol–water partition coefficient (Wildman–Crippen LogP) is 1.90. The first kappa shape index (κ1) is 17.5. The molecule has 0 fully saturated rings. The zero-order valence-corrected chi connectivity index (χ0v) is 13.3. The summed E-state index contributed by atoms with van der Waals surface area (Å²) in [7, 11) is 1.23. The second kappa shape index (κ2) is 8.10. The molecular formula is C18H19NO5. The number of carbonyl (C=O) groups is 3. The van der Waals surface area contributed by atoms with Gasteiger partial charge in [0.05, 0.1) is 13.5 Å². The highest BCUT2D eigenvalue weighted by molar-refractivity contribution is 5.87. The van der Waals surface area contributed by atoms with Crippen LogP contribution in [0.4, 0.5) is 0 Å². The summed E-state index contributed by atoms with van der Waals surface area (Å²) < 4.78 is 4.48. The van der Waals surface area contributed by atoms with Crippen molar-refractivity contribution in [1.29, 1.82) is 0 Å². The summed E-state index contributed by atoms with van der Waals surface area (Å²) in [6.07, 6.45) is 0.00201. The summed E-state index contributed by atoms with van der Waals surface area (Å²) in [5, 5.41) is 13.7. The van der Waals surface area contributed by atoms with E-state index in [9.17, 15) is 14.4 Å². The van der Waals surface area contributed by atoms with Crippen molar-refractivity contribution in [2.75, 3.05) is 7.11 Å². The van der Waals surface area contributed by atoms with Crippen LogP contribution in [0.2, 0.25) is 0 Å². The molecule has 0 aromatic heterocycles. The summed E-state index contributed by atoms with van der Waals surface area (Å²) in [6, 6.07) is 12.3. The number of carboxylic acid groups (broad SMARTS) is 1. The molecule has 0 aliphatic heterocycles. The normalized spacial score (nSPS) is 11.7. The van der Waals surface area contributed by atoms with E-state index in [0.717, 1.165) is 16.3 Å². The number of esters is 1. The summed E-state index contributed by atoms with van der Waals surface area (Å²) in [6.45, 7) is 0. The third-order valence-electron chi connectivity index (χ3n) is 3.68. The lowest BCUT2D eigenvalue weighted by atomic mass is 10.0. The van der Waals surface area contributed by atoms with E-state index in [-0.39, 0.29) is 19.3 Å². The Bertz CT molecular complexity index is 756. The quantitative estimate of drug-likeness (QED) is 0.757. The van der Waals surface area contributed by atoms with Gasteiger partial charge in [-0.2, -0.15) is 0 Å². The molecule has 6 heteroatoms. The molecule has 24 heavy (non-hydrogen) atoms. The van der Waals surface area contributed by atoms with Crippen molar-refractivity contribution in [3.63, 3.8) is 0 Å². The van der Waals surface area contributed by atoms with Crippen molar-refractivity contribution >= 4 is 28.6 Å². The lowest BCUT2D eigenvalue weighted by Crippen LogP contribution is -2.41. The smallest absolute Gasteiger partial charge is 0.326 e. The van der Waals surface area contributed by atoms with Crippen molar-refractivity contribution < 1.29 is 24.2 Å². The van der Waals surface area contributed by atoms with Crippen molar-refractivity contribution in [2.45, 2.75) is 25.3 Å². The Kier molecular flexibility index (Phi) is 5.89. The fraction of sp³-hybridized carbons (Fsp3) is 0.278. The van der Waals surface area contributed by atoms with Gasteiger partial charge in [-0.25, -0.2) is 4.79 Å². The number of aliphatic carboxylic acids is 1. The SMILES string of the molecule is COC(=O)CC[C@H](NC(=O)Cc1ccc2ccccc2c1)C(=O)O. The molecule has 0 radical (unpaired) electrons. The topological polar surface area (TPSA) is 92.7 Å². The van der Waals surface area contributed by atoms with Crippen LogP contribution in [0.5, 0.6) is 0 Å². The van der Waals surface area contributed by atoms with Gasteiger partial charge in [0, 0.05) is 6.42 Å². The van der Waals surface area contributed by atoms with Crippen LogP contribution >= 0.6 is 0 Å². The highest BCUT2D eigenvalue weighted by Gasteiger charge is 2.21. The van der Waals surface area contributed by atoms with Gasteiger partial charge in [0.1, 0.15) is 6.04 Å². The van der Waals surface area contributed by atoms with E-state index in [1.54, 1.807) is 0 Å². The highest BCUT2D eigenvalue weighted by atomic mass is 16.5. The number of rotatable bonds is 7. The van der Waals surface area contributed by atoms with E-state index in [2.05, 4.69) is 10.1 Å². The number of hydrogen-bond donors (Lipinski definition) is 2. The van der Waals surface area contributed by atoms with E-state index in [0.29, 0.717) is 0 Å². The van der Waals surface area contributed by atoms with Crippen LogP contribution in [0.3, 0.4) is 0 Å². The van der Waals surface area contributed by atoms with Crippen molar-refractivity contribution in [3.8, 4) is 0 Å². The lowest BCUT2D eigenvalue weighted by Gasteiger charge is -2.14. The number of benzene rings is 2. The van der Waals surface area contributed by atoms with Crippen LogP contribution in [-0.2, 0) is 25.5 Å². The molecule has 6 nitrogen and oxygen atoms in total. The Morgan fingerprint density at radius 2 is 1.83 bits per heavy atom. The number of amides is 1. The van der Waals surface area contributed by atoms with E-state index in [1.807, 2.05) is 42.5 Å². The first-order chi connectivity index (χ1) is 11.5. The standard InChI is InChI=1S/C18H19NO5/c1-24-17(21)9-8-15(18(22)23)19-16(20)11-12-6-7-13-4-2-3-5-14(13)10-12/h2-7,10,15H,8-9,11H2,1H3,(H,19,20)(H,22,23)/t15-/m0/s1. The molecule has 0 saturated heterocycles. The molecule has 2 aromatic rings. The third-order valence-corrected chi connectivity index (χ3v) is 3.68. The molecule has 0 aliphatic rings. The molecule has 2 rings (SSSR count). The Labute approximate surface area is 139 Å². The highest BCUT2D eigenvalue weighted by Crippen LogP contribution is 2.16. The van der Waals surface area contributed by atoms with Gasteiger partial charge >= 0.3 is 11.9 Å². The van der Waals surface area contributed by atoms with Gasteiger partial charge in [-0.15, -0.1) is 0 Å². The molecule has 1 amide bonds. The number of ether oxygens (including phenoxy) is 1. The summed E-state index contributed by atoms with van der Waals surface area (Å²) in [5.74, 6) is -2.08. The van der Waals surface area contributed by atoms with Gasteiger partial charge in [-0.1, -0.05) is 42.5 Å². The molecule has 1 atom stereocenters.